The van der Waals surface area contributed by atoms with Crippen LogP contribution in [0, 0.1) is 12.7 Å². The minimum atomic E-state index is -3.59. The molecule has 1 N–H and O–H groups in total. The van der Waals surface area contributed by atoms with E-state index in [2.05, 4.69) is 27.0 Å². The van der Waals surface area contributed by atoms with Gasteiger partial charge in [-0.2, -0.15) is 14.3 Å². The number of nitrogens with zero attached hydrogens (tertiary/aromatic N) is 6. The predicted molar refractivity (Wildman–Crippen MR) is 186 cm³/mol. The van der Waals surface area contributed by atoms with Crippen LogP contribution in [0.15, 0.2) is 43.4 Å². The molecule has 0 bridgehead atoms. The van der Waals surface area contributed by atoms with Crippen LogP contribution in [-0.2, 0) is 25.4 Å². The minimum Gasteiger partial charge on any atom is -0.443 e. The van der Waals surface area contributed by atoms with Crippen molar-refractivity contribution in [2.45, 2.75) is 65.5 Å². The molecule has 260 valence electrons. The number of sulfonamides is 1. The van der Waals surface area contributed by atoms with Gasteiger partial charge < -0.3 is 14.8 Å². The molecule has 1 aliphatic heterocycles. The van der Waals surface area contributed by atoms with Crippen molar-refractivity contribution >= 4 is 67.5 Å². The lowest BCUT2D eigenvalue weighted by molar-refractivity contribution is 0.0430. The Hall–Kier alpha value is -4.60. The quantitative estimate of drug-likeness (QED) is 0.229. The second kappa shape index (κ2) is 12.7. The first-order chi connectivity index (χ1) is 22.6. The number of carbonyl (C=O) groups excluding carboxylic acids is 2. The molecule has 0 fully saturated rings. The van der Waals surface area contributed by atoms with Crippen molar-refractivity contribution < 1.29 is 31.9 Å². The molecule has 0 radical (unpaired) electrons. The van der Waals surface area contributed by atoms with E-state index in [4.69, 9.17) is 21.1 Å². The highest BCUT2D eigenvalue weighted by molar-refractivity contribution is 7.88. The summed E-state index contributed by atoms with van der Waals surface area (Å²) in [6, 6.07) is 4.86. The monoisotopic (exact) mass is 713 g/mol. The number of benzene rings is 1. The summed E-state index contributed by atoms with van der Waals surface area (Å²) in [6.45, 7) is 15.7. The number of imide groups is 1. The lowest BCUT2D eigenvalue weighted by atomic mass is 9.98. The summed E-state index contributed by atoms with van der Waals surface area (Å²) in [7, 11) is -2.11. The van der Waals surface area contributed by atoms with Crippen LogP contribution in [0.4, 0.5) is 31.3 Å². The zero-order valence-corrected chi connectivity index (χ0v) is 30.0. The normalized spacial score (nSPS) is 15.0. The second-order valence-corrected chi connectivity index (χ2v) is 16.0. The summed E-state index contributed by atoms with van der Waals surface area (Å²) in [5.74, 6) is -0.463. The molecule has 13 nitrogen and oxygen atoms in total. The van der Waals surface area contributed by atoms with Gasteiger partial charge in [0.2, 0.25) is 10.0 Å². The van der Waals surface area contributed by atoms with Gasteiger partial charge in [-0.3, -0.25) is 4.98 Å². The van der Waals surface area contributed by atoms with Crippen LogP contribution in [0.25, 0.3) is 27.5 Å². The third-order valence-electron chi connectivity index (χ3n) is 7.35. The first-order valence-electron chi connectivity index (χ1n) is 15.1. The largest absolute Gasteiger partial charge is 0.443 e. The van der Waals surface area contributed by atoms with Gasteiger partial charge in [-0.05, 0) is 77.1 Å². The van der Waals surface area contributed by atoms with E-state index < -0.39 is 39.2 Å². The fourth-order valence-corrected chi connectivity index (χ4v) is 6.40. The van der Waals surface area contributed by atoms with Gasteiger partial charge in [0.1, 0.15) is 22.8 Å². The lowest BCUT2D eigenvalue weighted by Gasteiger charge is -2.29. The highest BCUT2D eigenvalue weighted by atomic mass is 35.5. The summed E-state index contributed by atoms with van der Waals surface area (Å²) in [5.41, 5.74) is -0.0864. The molecule has 0 saturated carbocycles. The van der Waals surface area contributed by atoms with Crippen molar-refractivity contribution in [1.29, 1.82) is 0 Å². The Kier molecular flexibility index (Phi) is 9.25. The number of hydrogen-bond acceptors (Lipinski definition) is 10. The summed E-state index contributed by atoms with van der Waals surface area (Å²) in [5, 5.41) is 8.08. The molecule has 1 aromatic carbocycles. The Morgan fingerprint density at radius 2 is 1.63 bits per heavy atom. The summed E-state index contributed by atoms with van der Waals surface area (Å²) in [4.78, 5) is 36.0. The third-order valence-corrected chi connectivity index (χ3v) is 9.36. The molecule has 2 amide bonds. The van der Waals surface area contributed by atoms with E-state index >= 15 is 4.39 Å². The minimum absolute atomic E-state index is 0.0306. The predicted octanol–water partition coefficient (Wildman–Crippen LogP) is 7.26. The molecule has 0 unspecified atom stereocenters. The number of rotatable bonds is 4. The standard InChI is InChI=1S/C33H37ClFN7O6S/c1-18-16-40(9)49(45,46)17-41-24(18)12-27(39-41)38-26-11-20-10-21(29(35)28(34)23(20)14-37-26)22-13-36-15-25(19(22)2)42(30(43)47-32(3,4)5)31(44)48-33(6,7)8/h10-15H,1,16-17H2,2-9H3,(H,37,38,39). The van der Waals surface area contributed by atoms with Gasteiger partial charge in [0.25, 0.3) is 0 Å². The number of pyridine rings is 2. The van der Waals surface area contributed by atoms with Crippen molar-refractivity contribution in [3.05, 3.63) is 65.5 Å². The molecule has 16 heteroatoms. The molecule has 3 aromatic heterocycles. The fraction of sp³-hybridized carbons (Fsp3) is 0.364. The van der Waals surface area contributed by atoms with Gasteiger partial charge in [0.05, 0.1) is 22.6 Å². The van der Waals surface area contributed by atoms with Crippen LogP contribution in [0.1, 0.15) is 52.8 Å². The lowest BCUT2D eigenvalue weighted by Crippen LogP contribution is -2.44. The smallest absolute Gasteiger partial charge is 0.424 e. The molecule has 0 atom stereocenters. The maximum absolute atomic E-state index is 16.0. The molecule has 0 saturated heterocycles. The number of aromatic nitrogens is 4. The second-order valence-electron chi connectivity index (χ2n) is 13.6. The highest BCUT2D eigenvalue weighted by Crippen LogP contribution is 2.39. The number of likely N-dealkylation sites (N-methyl/N-ethyl adjacent to an activating group) is 1. The van der Waals surface area contributed by atoms with E-state index in [-0.39, 0.29) is 34.3 Å². The van der Waals surface area contributed by atoms with Gasteiger partial charge in [-0.25, -0.2) is 32.1 Å². The number of amides is 2. The Bertz CT molecular complexity index is 2090. The Morgan fingerprint density at radius 1 is 1.00 bits per heavy atom. The maximum atomic E-state index is 16.0. The van der Waals surface area contributed by atoms with E-state index in [1.807, 2.05) is 0 Å². The molecule has 1 aliphatic rings. The molecular formula is C33H37ClFN7O6S. The number of ether oxygens (including phenoxy) is 2. The van der Waals surface area contributed by atoms with Crippen molar-refractivity contribution in [2.75, 3.05) is 23.8 Å². The number of carbonyl (C=O) groups is 2. The summed E-state index contributed by atoms with van der Waals surface area (Å²) >= 11 is 6.53. The number of anilines is 3. The zero-order valence-electron chi connectivity index (χ0n) is 28.4. The molecule has 4 heterocycles. The molecule has 0 spiro atoms. The average molecular weight is 714 g/mol. The Morgan fingerprint density at radius 3 is 2.24 bits per heavy atom. The highest BCUT2D eigenvalue weighted by Gasteiger charge is 2.35. The van der Waals surface area contributed by atoms with E-state index in [1.54, 1.807) is 66.7 Å². The molecule has 49 heavy (non-hydrogen) atoms. The molecule has 0 aliphatic carbocycles. The van der Waals surface area contributed by atoms with E-state index in [0.29, 0.717) is 39.2 Å². The number of halogens is 2. The first-order valence-corrected chi connectivity index (χ1v) is 17.1. The van der Waals surface area contributed by atoms with Gasteiger partial charge in [-0.1, -0.05) is 18.2 Å². The van der Waals surface area contributed by atoms with Gasteiger partial charge in [0.15, 0.2) is 11.7 Å². The molecule has 5 rings (SSSR count). The van der Waals surface area contributed by atoms with E-state index in [1.165, 1.54) is 34.6 Å². The van der Waals surface area contributed by atoms with Crippen molar-refractivity contribution in [3.63, 3.8) is 0 Å². The SMILES string of the molecule is C=C1CN(C)S(=O)(=O)Cn2nc(Nc3cc4cc(-c5cncc(N(C(=O)OC(C)(C)C)C(=O)OC(C)(C)C)c5C)c(F)c(Cl)c4cn3)cc21. The van der Waals surface area contributed by atoms with Gasteiger partial charge in [0, 0.05) is 48.6 Å². The van der Waals surface area contributed by atoms with Crippen LogP contribution >= 0.6 is 11.6 Å². The van der Waals surface area contributed by atoms with Crippen LogP contribution in [0.5, 0.6) is 0 Å². The van der Waals surface area contributed by atoms with Gasteiger partial charge >= 0.3 is 12.2 Å². The number of hydrogen-bond donors (Lipinski definition) is 1. The Labute approximate surface area is 288 Å². The zero-order chi connectivity index (χ0) is 36.2. The fourth-order valence-electron chi connectivity index (χ4n) is 5.08. The van der Waals surface area contributed by atoms with Crippen LogP contribution < -0.4 is 10.2 Å². The topological polar surface area (TPSA) is 149 Å². The van der Waals surface area contributed by atoms with Crippen molar-refractivity contribution in [1.82, 2.24) is 24.1 Å². The number of fused-ring (bicyclic) bond motifs is 2. The van der Waals surface area contributed by atoms with E-state index in [0.717, 1.165) is 4.90 Å². The van der Waals surface area contributed by atoms with Gasteiger partial charge in [-0.15, -0.1) is 0 Å². The van der Waals surface area contributed by atoms with Crippen molar-refractivity contribution in [3.8, 4) is 11.1 Å². The average Bonchev–Trinajstić information content (AvgIpc) is 3.32. The number of nitrogens with one attached hydrogen (secondary N) is 1. The van der Waals surface area contributed by atoms with Crippen LogP contribution in [0.3, 0.4) is 0 Å². The van der Waals surface area contributed by atoms with E-state index in [9.17, 15) is 18.0 Å². The Balaban J connectivity index is 1.55. The first kappa shape index (κ1) is 35.7. The van der Waals surface area contributed by atoms with Crippen LogP contribution in [-0.4, -0.2) is 69.5 Å². The van der Waals surface area contributed by atoms with Crippen molar-refractivity contribution in [2.24, 2.45) is 0 Å². The summed E-state index contributed by atoms with van der Waals surface area (Å²) < 4.78 is 54.7. The maximum Gasteiger partial charge on any atom is 0.424 e. The summed E-state index contributed by atoms with van der Waals surface area (Å²) in [6.07, 6.45) is 2.11. The van der Waals surface area contributed by atoms with Crippen LogP contribution in [0.2, 0.25) is 5.02 Å². The molecule has 4 aromatic rings. The molecular weight excluding hydrogens is 677 g/mol. The third kappa shape index (κ3) is 7.53.